The molecule has 0 radical (unpaired) electrons. The lowest BCUT2D eigenvalue weighted by Gasteiger charge is -2.04. The predicted molar refractivity (Wildman–Crippen MR) is 63.8 cm³/mol. The van der Waals surface area contributed by atoms with Crippen molar-refractivity contribution in [1.82, 2.24) is 10.3 Å². The van der Waals surface area contributed by atoms with E-state index in [2.05, 4.69) is 10.3 Å². The van der Waals surface area contributed by atoms with Gasteiger partial charge >= 0.3 is 0 Å². The highest BCUT2D eigenvalue weighted by Crippen LogP contribution is 2.23. The molecule has 5 nitrogen and oxygen atoms in total. The zero-order valence-electron chi connectivity index (χ0n) is 9.21. The van der Waals surface area contributed by atoms with Gasteiger partial charge in [-0.1, -0.05) is 0 Å². The van der Waals surface area contributed by atoms with Crippen molar-refractivity contribution in [3.05, 3.63) is 29.5 Å². The summed E-state index contributed by atoms with van der Waals surface area (Å²) in [7, 11) is 0. The van der Waals surface area contributed by atoms with Crippen molar-refractivity contribution in [1.29, 1.82) is 0 Å². The van der Waals surface area contributed by atoms with E-state index in [1.54, 1.807) is 30.7 Å². The van der Waals surface area contributed by atoms with Crippen molar-refractivity contribution in [2.24, 2.45) is 0 Å². The van der Waals surface area contributed by atoms with Crippen LogP contribution in [0.25, 0.3) is 10.8 Å². The number of carbonyl (C=O) groups excluding carboxylic acids is 1. The van der Waals surface area contributed by atoms with Crippen molar-refractivity contribution < 1.29 is 14.3 Å². The zero-order chi connectivity index (χ0) is 12.3. The lowest BCUT2D eigenvalue weighted by molar-refractivity contribution is 0.0920. The molecule has 0 bridgehead atoms. The highest BCUT2D eigenvalue weighted by atomic mass is 32.1. The Morgan fingerprint density at radius 1 is 1.71 bits per heavy atom. The first-order valence-corrected chi connectivity index (χ1v) is 6.00. The molecule has 0 aromatic carbocycles. The van der Waals surface area contributed by atoms with Crippen molar-refractivity contribution in [3.63, 3.8) is 0 Å². The molecule has 2 aromatic heterocycles. The Morgan fingerprint density at radius 3 is 3.18 bits per heavy atom. The predicted octanol–water partition coefficient (Wildman–Crippen LogP) is 1.51. The van der Waals surface area contributed by atoms with Gasteiger partial charge in [0.2, 0.25) is 0 Å². The molecular formula is C11H12N2O3S. The maximum absolute atomic E-state index is 11.6. The van der Waals surface area contributed by atoms with Gasteiger partial charge in [0.05, 0.1) is 12.4 Å². The molecule has 6 heteroatoms. The van der Waals surface area contributed by atoms with Crippen LogP contribution in [0, 0.1) is 0 Å². The first-order chi connectivity index (χ1) is 8.16. The molecule has 2 rings (SSSR count). The minimum absolute atomic E-state index is 0.215. The summed E-state index contributed by atoms with van der Waals surface area (Å²) in [6.07, 6.45) is 0.992. The number of aliphatic hydroxyl groups is 1. The van der Waals surface area contributed by atoms with E-state index in [0.717, 1.165) is 0 Å². The number of amides is 1. The van der Waals surface area contributed by atoms with E-state index in [9.17, 15) is 4.79 Å². The van der Waals surface area contributed by atoms with Crippen molar-refractivity contribution in [3.8, 4) is 10.8 Å². The summed E-state index contributed by atoms with van der Waals surface area (Å²) in [5.41, 5.74) is 0.335. The summed E-state index contributed by atoms with van der Waals surface area (Å²) in [4.78, 5) is 15.8. The molecule has 0 aliphatic rings. The average Bonchev–Trinajstić information content (AvgIpc) is 2.94. The molecule has 1 amide bonds. The number of thiazole rings is 1. The van der Waals surface area contributed by atoms with Crippen LogP contribution in [0.3, 0.4) is 0 Å². The zero-order valence-corrected chi connectivity index (χ0v) is 10.0. The molecule has 0 fully saturated rings. The first kappa shape index (κ1) is 11.8. The van der Waals surface area contributed by atoms with Gasteiger partial charge in [-0.2, -0.15) is 0 Å². The van der Waals surface area contributed by atoms with Gasteiger partial charge in [0.15, 0.2) is 10.8 Å². The summed E-state index contributed by atoms with van der Waals surface area (Å²) in [5.74, 6) is 0.351. The standard InChI is InChI=1S/C11H12N2O3S/c1-7(14)5-12-10(15)8-6-17-11(13-8)9-3-2-4-16-9/h2-4,6-7,14H,5H2,1H3,(H,12,15)/t7-/m0/s1. The molecular weight excluding hydrogens is 240 g/mol. The maximum atomic E-state index is 11.6. The monoisotopic (exact) mass is 252 g/mol. The average molecular weight is 252 g/mol. The van der Waals surface area contributed by atoms with E-state index in [1.807, 2.05) is 0 Å². The van der Waals surface area contributed by atoms with E-state index in [4.69, 9.17) is 9.52 Å². The SMILES string of the molecule is C[C@H](O)CNC(=O)c1csc(-c2ccco2)n1. The highest BCUT2D eigenvalue weighted by Gasteiger charge is 2.13. The fraction of sp³-hybridized carbons (Fsp3) is 0.273. The molecule has 0 aliphatic heterocycles. The number of hydrogen-bond donors (Lipinski definition) is 2. The second-order valence-electron chi connectivity index (χ2n) is 3.57. The molecule has 90 valence electrons. The summed E-state index contributed by atoms with van der Waals surface area (Å²) in [6, 6.07) is 3.56. The largest absolute Gasteiger partial charge is 0.462 e. The summed E-state index contributed by atoms with van der Waals surface area (Å²) in [6.45, 7) is 1.82. The van der Waals surface area contributed by atoms with E-state index in [-0.39, 0.29) is 12.5 Å². The molecule has 0 saturated heterocycles. The Labute approximate surface area is 102 Å². The number of aliphatic hydroxyl groups excluding tert-OH is 1. The van der Waals surface area contributed by atoms with E-state index < -0.39 is 6.10 Å². The van der Waals surface area contributed by atoms with Crippen LogP contribution in [-0.2, 0) is 0 Å². The first-order valence-electron chi connectivity index (χ1n) is 5.12. The van der Waals surface area contributed by atoms with Gasteiger partial charge in [0.25, 0.3) is 5.91 Å². The lowest BCUT2D eigenvalue weighted by atomic mass is 10.4. The van der Waals surface area contributed by atoms with Crippen LogP contribution in [-0.4, -0.2) is 28.6 Å². The summed E-state index contributed by atoms with van der Waals surface area (Å²) >= 11 is 1.34. The number of rotatable bonds is 4. The second-order valence-corrected chi connectivity index (χ2v) is 4.43. The normalized spacial score (nSPS) is 12.4. The van der Waals surface area contributed by atoms with E-state index in [1.165, 1.54) is 11.3 Å². The maximum Gasteiger partial charge on any atom is 0.270 e. The number of nitrogens with one attached hydrogen (secondary N) is 1. The second kappa shape index (κ2) is 5.11. The van der Waals surface area contributed by atoms with Crippen molar-refractivity contribution in [2.45, 2.75) is 13.0 Å². The molecule has 0 aliphatic carbocycles. The summed E-state index contributed by atoms with van der Waals surface area (Å²) in [5, 5.41) is 14.0. The van der Waals surface area contributed by atoms with Crippen LogP contribution in [0.5, 0.6) is 0 Å². The van der Waals surface area contributed by atoms with E-state index in [0.29, 0.717) is 16.5 Å². The van der Waals surface area contributed by atoms with Crippen LogP contribution in [0.1, 0.15) is 17.4 Å². The molecule has 0 spiro atoms. The Balaban J connectivity index is 2.05. The quantitative estimate of drug-likeness (QED) is 0.865. The molecule has 1 atom stereocenters. The number of aromatic nitrogens is 1. The molecule has 0 saturated carbocycles. The third-order valence-electron chi connectivity index (χ3n) is 2.03. The minimum atomic E-state index is -0.567. The molecule has 2 N–H and O–H groups in total. The fourth-order valence-electron chi connectivity index (χ4n) is 1.22. The molecule has 2 heterocycles. The number of furan rings is 1. The number of hydrogen-bond acceptors (Lipinski definition) is 5. The van der Waals surface area contributed by atoms with Gasteiger partial charge in [0.1, 0.15) is 5.69 Å². The van der Waals surface area contributed by atoms with Crippen LogP contribution in [0.4, 0.5) is 0 Å². The Bertz CT molecular complexity index is 491. The summed E-state index contributed by atoms with van der Waals surface area (Å²) < 4.78 is 5.19. The van der Waals surface area contributed by atoms with Gasteiger partial charge in [-0.05, 0) is 19.1 Å². The highest BCUT2D eigenvalue weighted by molar-refractivity contribution is 7.13. The number of nitrogens with zero attached hydrogens (tertiary/aromatic N) is 1. The van der Waals surface area contributed by atoms with Gasteiger partial charge in [-0.15, -0.1) is 11.3 Å². The number of carbonyl (C=O) groups is 1. The smallest absolute Gasteiger partial charge is 0.270 e. The third-order valence-corrected chi connectivity index (χ3v) is 2.88. The van der Waals surface area contributed by atoms with Crippen molar-refractivity contribution >= 4 is 17.2 Å². The molecule has 0 unspecified atom stereocenters. The van der Waals surface area contributed by atoms with Crippen LogP contribution in [0.15, 0.2) is 28.2 Å². The fourth-order valence-corrected chi connectivity index (χ4v) is 1.99. The van der Waals surface area contributed by atoms with Crippen LogP contribution < -0.4 is 5.32 Å². The van der Waals surface area contributed by atoms with Crippen molar-refractivity contribution in [2.75, 3.05) is 6.54 Å². The van der Waals surface area contributed by atoms with Gasteiger partial charge in [0, 0.05) is 11.9 Å². The third kappa shape index (κ3) is 2.92. The van der Waals surface area contributed by atoms with Gasteiger partial charge < -0.3 is 14.8 Å². The van der Waals surface area contributed by atoms with E-state index >= 15 is 0 Å². The Morgan fingerprint density at radius 2 is 2.53 bits per heavy atom. The Hall–Kier alpha value is -1.66. The molecule has 2 aromatic rings. The Kier molecular flexibility index (Phi) is 3.55. The topological polar surface area (TPSA) is 75.4 Å². The minimum Gasteiger partial charge on any atom is -0.462 e. The van der Waals surface area contributed by atoms with Gasteiger partial charge in [-0.3, -0.25) is 4.79 Å². The van der Waals surface area contributed by atoms with Crippen LogP contribution >= 0.6 is 11.3 Å². The van der Waals surface area contributed by atoms with Gasteiger partial charge in [-0.25, -0.2) is 4.98 Å². The van der Waals surface area contributed by atoms with Crippen LogP contribution in [0.2, 0.25) is 0 Å². The molecule has 17 heavy (non-hydrogen) atoms. The lowest BCUT2D eigenvalue weighted by Crippen LogP contribution is -2.30.